The van der Waals surface area contributed by atoms with Gasteiger partial charge >= 0.3 is 5.97 Å². The summed E-state index contributed by atoms with van der Waals surface area (Å²) in [6, 6.07) is 16.8. The van der Waals surface area contributed by atoms with E-state index in [9.17, 15) is 9.90 Å². The summed E-state index contributed by atoms with van der Waals surface area (Å²) in [5, 5.41) is 18.4. The fourth-order valence-electron chi connectivity index (χ4n) is 6.88. The van der Waals surface area contributed by atoms with Crippen LogP contribution in [0.15, 0.2) is 66.7 Å². The molecule has 0 heterocycles. The summed E-state index contributed by atoms with van der Waals surface area (Å²) in [6.07, 6.45) is 9.05. The maximum absolute atomic E-state index is 15.5. The molecular formula is C40H49F3O4. The fourth-order valence-corrected chi connectivity index (χ4v) is 6.88. The molecule has 0 aliphatic heterocycles. The zero-order chi connectivity index (χ0) is 33.8. The molecule has 3 aromatic carbocycles. The third-order valence-corrected chi connectivity index (χ3v) is 9.63. The highest BCUT2D eigenvalue weighted by molar-refractivity contribution is 5.87. The highest BCUT2D eigenvalue weighted by atomic mass is 19.1. The molecular weight excluding hydrogens is 601 g/mol. The molecule has 1 aliphatic rings. The molecule has 254 valence electrons. The summed E-state index contributed by atoms with van der Waals surface area (Å²) in [6.45, 7) is 5.06. The van der Waals surface area contributed by atoms with E-state index in [4.69, 9.17) is 9.84 Å². The van der Waals surface area contributed by atoms with E-state index in [1.807, 2.05) is 12.1 Å². The molecule has 1 aliphatic carbocycles. The van der Waals surface area contributed by atoms with E-state index in [0.717, 1.165) is 30.4 Å². The molecule has 3 aromatic rings. The number of unbranched alkanes of at least 4 members (excludes halogenated alkanes) is 2. The van der Waals surface area contributed by atoms with Gasteiger partial charge in [0, 0.05) is 12.2 Å². The van der Waals surface area contributed by atoms with Gasteiger partial charge in [0.2, 0.25) is 0 Å². The maximum Gasteiger partial charge on any atom is 0.335 e. The van der Waals surface area contributed by atoms with E-state index in [0.29, 0.717) is 49.7 Å². The molecule has 0 radical (unpaired) electrons. The number of aliphatic hydroxyl groups excluding tert-OH is 2. The summed E-state index contributed by atoms with van der Waals surface area (Å²) >= 11 is 0. The van der Waals surface area contributed by atoms with Crippen LogP contribution in [0.4, 0.5) is 13.2 Å². The Balaban J connectivity index is 1.36. The highest BCUT2D eigenvalue weighted by Crippen LogP contribution is 2.43. The summed E-state index contributed by atoms with van der Waals surface area (Å²) in [7, 11) is 0. The number of carbonyl (C=O) groups is 1. The van der Waals surface area contributed by atoms with Gasteiger partial charge in [-0.2, -0.15) is 0 Å². The van der Waals surface area contributed by atoms with Crippen molar-refractivity contribution in [2.24, 2.45) is 0 Å². The maximum atomic E-state index is 15.5. The number of hydrogen-bond donors (Lipinski definition) is 2. The second-order valence-corrected chi connectivity index (χ2v) is 12.9. The van der Waals surface area contributed by atoms with Crippen molar-refractivity contribution in [3.63, 3.8) is 0 Å². The van der Waals surface area contributed by atoms with Crippen LogP contribution in [0.3, 0.4) is 0 Å². The molecule has 2 N–H and O–H groups in total. The molecule has 0 bridgehead atoms. The molecule has 0 spiro atoms. The van der Waals surface area contributed by atoms with Crippen molar-refractivity contribution in [1.82, 2.24) is 0 Å². The molecule has 0 aromatic heterocycles. The topological polar surface area (TPSA) is 66.8 Å². The van der Waals surface area contributed by atoms with Crippen LogP contribution >= 0.6 is 0 Å². The lowest BCUT2D eigenvalue weighted by Crippen LogP contribution is -2.15. The second kappa shape index (κ2) is 18.2. The smallest absolute Gasteiger partial charge is 0.335 e. The first-order valence-electron chi connectivity index (χ1n) is 17.2. The van der Waals surface area contributed by atoms with Crippen molar-refractivity contribution < 1.29 is 32.9 Å². The number of aliphatic hydroxyl groups is 2. The van der Waals surface area contributed by atoms with Crippen molar-refractivity contribution in [2.45, 2.75) is 102 Å². The van der Waals surface area contributed by atoms with Crippen LogP contribution in [0.1, 0.15) is 118 Å². The lowest BCUT2D eigenvalue weighted by molar-refractivity contribution is -0.139. The van der Waals surface area contributed by atoms with Crippen LogP contribution in [0.5, 0.6) is 0 Å². The predicted molar refractivity (Wildman–Crippen MR) is 181 cm³/mol. The van der Waals surface area contributed by atoms with E-state index in [1.165, 1.54) is 37.0 Å². The van der Waals surface area contributed by atoms with Gasteiger partial charge in [-0.15, -0.1) is 0 Å². The third-order valence-electron chi connectivity index (χ3n) is 9.63. The number of esters is 1. The number of halogens is 3. The fraction of sp³-hybridized carbons (Fsp3) is 0.475. The number of hydrogen-bond acceptors (Lipinski definition) is 4. The van der Waals surface area contributed by atoms with E-state index in [-0.39, 0.29) is 42.0 Å². The number of ether oxygens (including phenoxy) is 1. The Morgan fingerprint density at radius 1 is 0.830 bits per heavy atom. The number of aryl methyl sites for hydroxylation is 1. The van der Waals surface area contributed by atoms with Gasteiger partial charge in [0.05, 0.1) is 18.8 Å². The minimum Gasteiger partial charge on any atom is -0.462 e. The van der Waals surface area contributed by atoms with E-state index in [1.54, 1.807) is 6.07 Å². The molecule has 1 fully saturated rings. The molecule has 1 unspecified atom stereocenters. The first-order valence-corrected chi connectivity index (χ1v) is 17.2. The molecule has 4 nitrogen and oxygen atoms in total. The van der Waals surface area contributed by atoms with Gasteiger partial charge in [0.15, 0.2) is 0 Å². The predicted octanol–water partition coefficient (Wildman–Crippen LogP) is 9.67. The first kappa shape index (κ1) is 36.4. The molecule has 47 heavy (non-hydrogen) atoms. The quantitative estimate of drug-likeness (QED) is 0.0868. The van der Waals surface area contributed by atoms with Crippen LogP contribution in [0.25, 0.3) is 11.1 Å². The van der Waals surface area contributed by atoms with Crippen LogP contribution in [-0.4, -0.2) is 36.0 Å². The Hall–Kier alpha value is -3.42. The Bertz CT molecular complexity index is 1440. The third kappa shape index (κ3) is 10.0. The Morgan fingerprint density at radius 3 is 2.09 bits per heavy atom. The number of benzene rings is 3. The van der Waals surface area contributed by atoms with Crippen molar-refractivity contribution in [1.29, 1.82) is 0 Å². The van der Waals surface area contributed by atoms with Gasteiger partial charge in [0.1, 0.15) is 17.5 Å². The van der Waals surface area contributed by atoms with Gasteiger partial charge < -0.3 is 14.9 Å². The van der Waals surface area contributed by atoms with Gasteiger partial charge in [-0.1, -0.05) is 62.7 Å². The number of rotatable bonds is 17. The highest BCUT2D eigenvalue weighted by Gasteiger charge is 2.28. The first-order chi connectivity index (χ1) is 22.7. The Morgan fingerprint density at radius 2 is 1.47 bits per heavy atom. The monoisotopic (exact) mass is 650 g/mol. The van der Waals surface area contributed by atoms with E-state index in [2.05, 4.69) is 37.8 Å². The second-order valence-electron chi connectivity index (χ2n) is 12.9. The molecule has 7 heteroatoms. The van der Waals surface area contributed by atoms with E-state index < -0.39 is 30.1 Å². The lowest BCUT2D eigenvalue weighted by atomic mass is 9.75. The SMILES string of the molecule is C=C(CO)C(=O)OCCCC(CCCO)c1c(F)cc(C2CCC(c3ccc(-c4ccc(CCCCC)cc4)cc3F)CC2)cc1F. The minimum atomic E-state index is -0.700. The largest absolute Gasteiger partial charge is 0.462 e. The van der Waals surface area contributed by atoms with Crippen LogP contribution in [0.2, 0.25) is 0 Å². The zero-order valence-corrected chi connectivity index (χ0v) is 27.6. The van der Waals surface area contributed by atoms with Gasteiger partial charge in [-0.25, -0.2) is 18.0 Å². The summed E-state index contributed by atoms with van der Waals surface area (Å²) < 4.78 is 51.5. The zero-order valence-electron chi connectivity index (χ0n) is 27.6. The van der Waals surface area contributed by atoms with Crippen LogP contribution in [0, 0.1) is 17.5 Å². The molecule has 1 saturated carbocycles. The molecule has 1 atom stereocenters. The van der Waals surface area contributed by atoms with Crippen LogP contribution in [-0.2, 0) is 16.0 Å². The minimum absolute atomic E-state index is 0.00438. The Kier molecular flexibility index (Phi) is 14.1. The van der Waals surface area contributed by atoms with Crippen molar-refractivity contribution in [3.05, 3.63) is 106 Å². The molecule has 4 rings (SSSR count). The molecule has 0 amide bonds. The van der Waals surface area contributed by atoms with E-state index >= 15 is 13.2 Å². The summed E-state index contributed by atoms with van der Waals surface area (Å²) in [5.74, 6) is -2.56. The average molecular weight is 651 g/mol. The van der Waals surface area contributed by atoms with Gasteiger partial charge in [-0.3, -0.25) is 0 Å². The summed E-state index contributed by atoms with van der Waals surface area (Å²) in [4.78, 5) is 11.7. The van der Waals surface area contributed by atoms with Crippen LogP contribution < -0.4 is 0 Å². The normalized spacial score (nSPS) is 17.0. The van der Waals surface area contributed by atoms with Crippen molar-refractivity contribution in [3.8, 4) is 11.1 Å². The van der Waals surface area contributed by atoms with Crippen molar-refractivity contribution >= 4 is 5.97 Å². The number of carbonyl (C=O) groups excluding carboxylic acids is 1. The molecule has 0 saturated heterocycles. The summed E-state index contributed by atoms with van der Waals surface area (Å²) in [5.41, 5.74) is 4.42. The average Bonchev–Trinajstić information content (AvgIpc) is 3.08. The van der Waals surface area contributed by atoms with Crippen molar-refractivity contribution in [2.75, 3.05) is 19.8 Å². The Labute approximate surface area is 277 Å². The standard InChI is InChI=1S/C40H49F3O4/c1-3-4-5-8-28-11-13-29(14-12-28)33-19-20-35(36(41)23-33)31-17-15-30(16-18-31)34-24-37(42)39(38(43)25-34)32(9-6-21-44)10-7-22-47-40(46)27(2)26-45/h11-14,19-20,23-25,30-32,44-45H,2-10,15-18,21-22,26H2,1H3. The van der Waals surface area contributed by atoms with Gasteiger partial charge in [0.25, 0.3) is 0 Å². The van der Waals surface area contributed by atoms with Gasteiger partial charge in [-0.05, 0) is 128 Å². The lowest BCUT2D eigenvalue weighted by Gasteiger charge is -2.30.